The number of nitrogens with one attached hydrogen (secondary N) is 1. The zero-order valence-corrected chi connectivity index (χ0v) is 16.2. The summed E-state index contributed by atoms with van der Waals surface area (Å²) in [6.07, 6.45) is 0. The summed E-state index contributed by atoms with van der Waals surface area (Å²) in [5.74, 6) is -2.87. The molecule has 8 nitrogen and oxygen atoms in total. The van der Waals surface area contributed by atoms with E-state index >= 15 is 0 Å². The molecule has 0 atom stereocenters. The molecule has 2 rings (SSSR count). The summed E-state index contributed by atoms with van der Waals surface area (Å²) < 4.78 is 24.2. The number of aliphatic hydroxyl groups excluding tert-OH is 1. The number of halogens is 1. The number of benzene rings is 1. The van der Waals surface area contributed by atoms with E-state index in [1.165, 1.54) is 24.1 Å². The van der Waals surface area contributed by atoms with E-state index in [0.29, 0.717) is 0 Å². The standard InChI is InChI=1S/C19H23FN2O6/c1-19(2,3)28-18(26)12-6-5-11(9-14(12)20)21-15-13(17(25)27-4)10-22(7-8-23)16(15)24/h5-6,9,21,23H,7-8,10H2,1-4H3. The maximum Gasteiger partial charge on any atom is 0.341 e. The first-order chi connectivity index (χ1) is 13.1. The molecule has 1 amide bonds. The van der Waals surface area contributed by atoms with E-state index < -0.39 is 29.3 Å². The highest BCUT2D eigenvalue weighted by Gasteiger charge is 2.34. The lowest BCUT2D eigenvalue weighted by Crippen LogP contribution is -2.31. The highest BCUT2D eigenvalue weighted by molar-refractivity contribution is 6.08. The number of amides is 1. The van der Waals surface area contributed by atoms with Crippen LogP contribution in [0.5, 0.6) is 0 Å². The molecule has 0 bridgehead atoms. The third-order valence-corrected chi connectivity index (χ3v) is 3.81. The van der Waals surface area contributed by atoms with Crippen LogP contribution in [0.15, 0.2) is 29.5 Å². The summed E-state index contributed by atoms with van der Waals surface area (Å²) in [5.41, 5.74) is -0.849. The molecule has 1 aliphatic heterocycles. The number of ether oxygens (including phenoxy) is 2. The minimum absolute atomic E-state index is 0.0348. The normalized spacial score (nSPS) is 14.4. The second kappa shape index (κ2) is 8.39. The third kappa shape index (κ3) is 4.86. The summed E-state index contributed by atoms with van der Waals surface area (Å²) in [4.78, 5) is 37.7. The van der Waals surface area contributed by atoms with E-state index in [9.17, 15) is 18.8 Å². The zero-order chi connectivity index (χ0) is 21.1. The second-order valence-electron chi connectivity index (χ2n) is 7.12. The van der Waals surface area contributed by atoms with Crippen LogP contribution in [0, 0.1) is 5.82 Å². The van der Waals surface area contributed by atoms with Gasteiger partial charge in [-0.1, -0.05) is 0 Å². The number of nitrogens with zero attached hydrogens (tertiary/aromatic N) is 1. The minimum Gasteiger partial charge on any atom is -0.466 e. The van der Waals surface area contributed by atoms with E-state index in [4.69, 9.17) is 9.84 Å². The molecule has 28 heavy (non-hydrogen) atoms. The second-order valence-corrected chi connectivity index (χ2v) is 7.12. The number of aliphatic hydroxyl groups is 1. The van der Waals surface area contributed by atoms with Crippen molar-refractivity contribution in [2.45, 2.75) is 26.4 Å². The Kier molecular flexibility index (Phi) is 6.40. The molecule has 9 heteroatoms. The van der Waals surface area contributed by atoms with Gasteiger partial charge in [0.05, 0.1) is 31.4 Å². The fourth-order valence-electron chi connectivity index (χ4n) is 2.58. The number of carbonyl (C=O) groups is 3. The van der Waals surface area contributed by atoms with E-state index in [0.717, 1.165) is 6.07 Å². The molecule has 2 N–H and O–H groups in total. The zero-order valence-electron chi connectivity index (χ0n) is 16.2. The van der Waals surface area contributed by atoms with Gasteiger partial charge in [0.25, 0.3) is 5.91 Å². The largest absolute Gasteiger partial charge is 0.466 e. The lowest BCUT2D eigenvalue weighted by atomic mass is 10.1. The molecular formula is C19H23FN2O6. The van der Waals surface area contributed by atoms with Crippen LogP contribution in [0.2, 0.25) is 0 Å². The summed E-state index contributed by atoms with van der Waals surface area (Å²) >= 11 is 0. The Morgan fingerprint density at radius 1 is 1.29 bits per heavy atom. The van der Waals surface area contributed by atoms with Gasteiger partial charge in [-0.3, -0.25) is 4.79 Å². The highest BCUT2D eigenvalue weighted by atomic mass is 19.1. The Balaban J connectivity index is 2.28. The average molecular weight is 394 g/mol. The molecule has 152 valence electrons. The Labute approximate surface area is 161 Å². The summed E-state index contributed by atoms with van der Waals surface area (Å²) in [7, 11) is 1.18. The van der Waals surface area contributed by atoms with Gasteiger partial charge < -0.3 is 24.8 Å². The highest BCUT2D eigenvalue weighted by Crippen LogP contribution is 2.24. The Hall–Kier alpha value is -2.94. The number of esters is 2. The maximum absolute atomic E-state index is 14.4. The van der Waals surface area contributed by atoms with E-state index in [1.54, 1.807) is 20.8 Å². The van der Waals surface area contributed by atoms with Gasteiger partial charge in [-0.15, -0.1) is 0 Å². The third-order valence-electron chi connectivity index (χ3n) is 3.81. The van der Waals surface area contributed by atoms with Crippen LogP contribution >= 0.6 is 0 Å². The molecule has 1 heterocycles. The van der Waals surface area contributed by atoms with Crippen molar-refractivity contribution in [1.82, 2.24) is 4.90 Å². The molecule has 0 unspecified atom stereocenters. The fourth-order valence-corrected chi connectivity index (χ4v) is 2.58. The number of methoxy groups -OCH3 is 1. The molecule has 1 aliphatic rings. The van der Waals surface area contributed by atoms with Gasteiger partial charge in [-0.05, 0) is 39.0 Å². The SMILES string of the molecule is COC(=O)C1=C(Nc2ccc(C(=O)OC(C)(C)C)c(F)c2)C(=O)N(CCO)C1. The van der Waals surface area contributed by atoms with Crippen LogP contribution in [-0.4, -0.2) is 60.3 Å². The van der Waals surface area contributed by atoms with E-state index in [2.05, 4.69) is 10.1 Å². The Morgan fingerprint density at radius 3 is 2.50 bits per heavy atom. The number of hydrogen-bond donors (Lipinski definition) is 2. The number of β-amino-alcohol motifs (C(OH)–C–C–N with tert-alkyl or cyclic N) is 1. The lowest BCUT2D eigenvalue weighted by Gasteiger charge is -2.19. The minimum atomic E-state index is -0.836. The van der Waals surface area contributed by atoms with Crippen molar-refractivity contribution < 1.29 is 33.4 Å². The molecule has 0 spiro atoms. The molecule has 0 radical (unpaired) electrons. The van der Waals surface area contributed by atoms with Gasteiger partial charge in [-0.2, -0.15) is 0 Å². The van der Waals surface area contributed by atoms with Crippen LogP contribution in [0.25, 0.3) is 0 Å². The lowest BCUT2D eigenvalue weighted by molar-refractivity contribution is -0.136. The van der Waals surface area contributed by atoms with Gasteiger partial charge in [0.1, 0.15) is 17.1 Å². The Morgan fingerprint density at radius 2 is 1.96 bits per heavy atom. The van der Waals surface area contributed by atoms with Crippen molar-refractivity contribution in [3.63, 3.8) is 0 Å². The van der Waals surface area contributed by atoms with Crippen LogP contribution in [-0.2, 0) is 19.1 Å². The van der Waals surface area contributed by atoms with Gasteiger partial charge in [0.2, 0.25) is 0 Å². The quantitative estimate of drug-likeness (QED) is 0.704. The monoisotopic (exact) mass is 394 g/mol. The van der Waals surface area contributed by atoms with Crippen molar-refractivity contribution in [2.24, 2.45) is 0 Å². The van der Waals surface area contributed by atoms with Gasteiger partial charge >= 0.3 is 11.9 Å². The number of carbonyl (C=O) groups excluding carboxylic acids is 3. The van der Waals surface area contributed by atoms with Crippen molar-refractivity contribution in [2.75, 3.05) is 32.1 Å². The van der Waals surface area contributed by atoms with Crippen LogP contribution < -0.4 is 5.32 Å². The first kappa shape index (κ1) is 21.4. The Bertz CT molecular complexity index is 828. The van der Waals surface area contributed by atoms with Crippen molar-refractivity contribution in [3.05, 3.63) is 40.8 Å². The fraction of sp³-hybridized carbons (Fsp3) is 0.421. The number of hydrogen-bond acceptors (Lipinski definition) is 7. The molecule has 1 aromatic rings. The van der Waals surface area contributed by atoms with Crippen molar-refractivity contribution >= 4 is 23.5 Å². The van der Waals surface area contributed by atoms with Crippen molar-refractivity contribution in [1.29, 1.82) is 0 Å². The van der Waals surface area contributed by atoms with Crippen molar-refractivity contribution in [3.8, 4) is 0 Å². The summed E-state index contributed by atoms with van der Waals surface area (Å²) in [6.45, 7) is 4.74. The van der Waals surface area contributed by atoms with Crippen LogP contribution in [0.1, 0.15) is 31.1 Å². The maximum atomic E-state index is 14.4. The average Bonchev–Trinajstić information content (AvgIpc) is 2.89. The van der Waals surface area contributed by atoms with Crippen LogP contribution in [0.3, 0.4) is 0 Å². The van der Waals surface area contributed by atoms with E-state index in [1.807, 2.05) is 0 Å². The van der Waals surface area contributed by atoms with Crippen LogP contribution in [0.4, 0.5) is 10.1 Å². The molecule has 0 saturated carbocycles. The summed E-state index contributed by atoms with van der Waals surface area (Å²) in [5, 5.41) is 11.8. The molecule has 0 saturated heterocycles. The first-order valence-corrected chi connectivity index (χ1v) is 8.59. The van der Waals surface area contributed by atoms with Gasteiger partial charge in [0, 0.05) is 12.2 Å². The molecule has 1 aromatic carbocycles. The smallest absolute Gasteiger partial charge is 0.341 e. The molecular weight excluding hydrogens is 371 g/mol. The molecule has 0 aromatic heterocycles. The number of rotatable bonds is 6. The predicted octanol–water partition coefficient (Wildman–Crippen LogP) is 1.45. The molecule has 0 aliphatic carbocycles. The topological polar surface area (TPSA) is 105 Å². The number of anilines is 1. The predicted molar refractivity (Wildman–Crippen MR) is 97.9 cm³/mol. The van der Waals surface area contributed by atoms with Gasteiger partial charge in [-0.25, -0.2) is 14.0 Å². The van der Waals surface area contributed by atoms with Gasteiger partial charge in [0.15, 0.2) is 0 Å². The molecule has 0 fully saturated rings. The van der Waals surface area contributed by atoms with E-state index in [-0.39, 0.29) is 42.2 Å². The first-order valence-electron chi connectivity index (χ1n) is 8.59. The summed E-state index contributed by atoms with van der Waals surface area (Å²) in [6, 6.07) is 3.66.